The minimum atomic E-state index is -0.236. The van der Waals surface area contributed by atoms with Gasteiger partial charge in [-0.25, -0.2) is 4.39 Å². The molecule has 0 aliphatic heterocycles. The van der Waals surface area contributed by atoms with Crippen molar-refractivity contribution in [2.45, 2.75) is 6.54 Å². The van der Waals surface area contributed by atoms with Gasteiger partial charge >= 0.3 is 0 Å². The van der Waals surface area contributed by atoms with E-state index in [9.17, 15) is 9.18 Å². The first-order chi connectivity index (χ1) is 8.28. The van der Waals surface area contributed by atoms with Crippen LogP contribution >= 0.6 is 0 Å². The maximum atomic E-state index is 12.9. The lowest BCUT2D eigenvalue weighted by Crippen LogP contribution is -1.99. The number of nitrogens with one attached hydrogen (secondary N) is 1. The van der Waals surface area contributed by atoms with E-state index < -0.39 is 0 Å². The zero-order valence-electron chi connectivity index (χ0n) is 9.19. The van der Waals surface area contributed by atoms with Gasteiger partial charge in [0.05, 0.1) is 0 Å². The van der Waals surface area contributed by atoms with E-state index in [1.165, 1.54) is 12.1 Å². The molecule has 0 saturated heterocycles. The summed E-state index contributed by atoms with van der Waals surface area (Å²) in [5.41, 5.74) is 2.42. The summed E-state index contributed by atoms with van der Waals surface area (Å²) >= 11 is 0. The van der Waals surface area contributed by atoms with Crippen molar-refractivity contribution in [3.8, 4) is 0 Å². The third kappa shape index (κ3) is 3.14. The van der Waals surface area contributed by atoms with E-state index in [4.69, 9.17) is 0 Å². The molecular formula is C14H12FNO. The van der Waals surface area contributed by atoms with E-state index in [0.717, 1.165) is 17.5 Å². The average Bonchev–Trinajstić information content (AvgIpc) is 2.37. The smallest absolute Gasteiger partial charge is 0.150 e. The quantitative estimate of drug-likeness (QED) is 0.815. The maximum absolute atomic E-state index is 12.9. The monoisotopic (exact) mass is 229 g/mol. The number of anilines is 1. The second-order valence-electron chi connectivity index (χ2n) is 3.72. The first-order valence-electron chi connectivity index (χ1n) is 5.31. The largest absolute Gasteiger partial charge is 0.381 e. The summed E-state index contributed by atoms with van der Waals surface area (Å²) in [4.78, 5) is 10.5. The molecule has 2 aromatic carbocycles. The number of hydrogen-bond acceptors (Lipinski definition) is 2. The molecule has 0 aromatic heterocycles. The Balaban J connectivity index is 1.99. The highest BCUT2D eigenvalue weighted by atomic mass is 19.1. The van der Waals surface area contributed by atoms with Crippen LogP contribution < -0.4 is 5.32 Å². The van der Waals surface area contributed by atoms with Gasteiger partial charge in [-0.1, -0.05) is 12.1 Å². The fourth-order valence-corrected chi connectivity index (χ4v) is 1.53. The third-order valence-electron chi connectivity index (χ3n) is 2.43. The molecule has 86 valence electrons. The van der Waals surface area contributed by atoms with Crippen molar-refractivity contribution in [2.24, 2.45) is 0 Å². The van der Waals surface area contributed by atoms with Crippen molar-refractivity contribution >= 4 is 12.0 Å². The molecule has 2 aromatic rings. The van der Waals surface area contributed by atoms with Gasteiger partial charge in [-0.15, -0.1) is 0 Å². The van der Waals surface area contributed by atoms with E-state index in [-0.39, 0.29) is 5.82 Å². The summed E-state index contributed by atoms with van der Waals surface area (Å²) in [6.07, 6.45) is 0.802. The maximum Gasteiger partial charge on any atom is 0.150 e. The fourth-order valence-electron chi connectivity index (χ4n) is 1.53. The number of halogens is 1. The number of rotatable bonds is 4. The van der Waals surface area contributed by atoms with Gasteiger partial charge in [-0.05, 0) is 42.0 Å². The molecule has 17 heavy (non-hydrogen) atoms. The topological polar surface area (TPSA) is 29.1 Å². The van der Waals surface area contributed by atoms with E-state index in [2.05, 4.69) is 5.32 Å². The zero-order chi connectivity index (χ0) is 12.1. The Morgan fingerprint density at radius 3 is 2.53 bits per heavy atom. The van der Waals surface area contributed by atoms with Crippen molar-refractivity contribution < 1.29 is 9.18 Å². The molecule has 0 radical (unpaired) electrons. The minimum absolute atomic E-state index is 0.236. The van der Waals surface area contributed by atoms with Crippen LogP contribution in [-0.2, 0) is 6.54 Å². The number of aldehydes is 1. The molecule has 0 bridgehead atoms. The lowest BCUT2D eigenvalue weighted by atomic mass is 10.2. The Bertz CT molecular complexity index is 508. The predicted octanol–water partition coefficient (Wildman–Crippen LogP) is 3.25. The van der Waals surface area contributed by atoms with Crippen LogP contribution in [0.15, 0.2) is 48.5 Å². The molecule has 0 aliphatic carbocycles. The molecule has 0 unspecified atom stereocenters. The summed E-state index contributed by atoms with van der Waals surface area (Å²) in [5, 5.41) is 3.16. The van der Waals surface area contributed by atoms with E-state index in [1.807, 2.05) is 18.2 Å². The van der Waals surface area contributed by atoms with Crippen LogP contribution in [-0.4, -0.2) is 6.29 Å². The van der Waals surface area contributed by atoms with Crippen LogP contribution in [0.1, 0.15) is 15.9 Å². The van der Waals surface area contributed by atoms with Gasteiger partial charge in [0.25, 0.3) is 0 Å². The Labute approximate surface area is 99.1 Å². The molecule has 0 fully saturated rings. The van der Waals surface area contributed by atoms with Crippen LogP contribution in [0, 0.1) is 5.82 Å². The van der Waals surface area contributed by atoms with Gasteiger partial charge in [0.15, 0.2) is 0 Å². The van der Waals surface area contributed by atoms with Crippen molar-refractivity contribution in [1.29, 1.82) is 0 Å². The van der Waals surface area contributed by atoms with E-state index >= 15 is 0 Å². The fraction of sp³-hybridized carbons (Fsp3) is 0.0714. The normalized spacial score (nSPS) is 9.94. The molecule has 0 aliphatic rings. The number of carbonyl (C=O) groups is 1. The molecule has 0 amide bonds. The third-order valence-corrected chi connectivity index (χ3v) is 2.43. The lowest BCUT2D eigenvalue weighted by Gasteiger charge is -2.06. The van der Waals surface area contributed by atoms with Crippen LogP contribution in [0.4, 0.5) is 10.1 Å². The molecule has 0 heterocycles. The Kier molecular flexibility index (Phi) is 3.50. The van der Waals surface area contributed by atoms with Crippen LogP contribution in [0.5, 0.6) is 0 Å². The first kappa shape index (κ1) is 11.3. The lowest BCUT2D eigenvalue weighted by molar-refractivity contribution is 0.112. The van der Waals surface area contributed by atoms with Crippen molar-refractivity contribution in [1.82, 2.24) is 0 Å². The molecule has 2 nitrogen and oxygen atoms in total. The molecule has 0 spiro atoms. The van der Waals surface area contributed by atoms with Crippen molar-refractivity contribution in [3.05, 3.63) is 65.5 Å². The second kappa shape index (κ2) is 5.25. The highest BCUT2D eigenvalue weighted by Gasteiger charge is 1.96. The van der Waals surface area contributed by atoms with Gasteiger partial charge in [-0.2, -0.15) is 0 Å². The summed E-state index contributed by atoms with van der Waals surface area (Å²) < 4.78 is 12.9. The molecule has 1 N–H and O–H groups in total. The van der Waals surface area contributed by atoms with E-state index in [0.29, 0.717) is 12.1 Å². The van der Waals surface area contributed by atoms with Gasteiger partial charge in [0, 0.05) is 17.8 Å². The van der Waals surface area contributed by atoms with Gasteiger partial charge in [0.1, 0.15) is 12.1 Å². The highest BCUT2D eigenvalue weighted by Crippen LogP contribution is 2.11. The summed E-state index contributed by atoms with van der Waals surface area (Å²) in [6.45, 7) is 0.554. The molecule has 0 atom stereocenters. The number of benzene rings is 2. The summed E-state index contributed by atoms with van der Waals surface area (Å²) in [7, 11) is 0. The standard InChI is InChI=1S/C14H12FNO/c15-13-3-1-2-12(8-13)9-16-14-6-4-11(10-17)5-7-14/h1-8,10,16H,9H2. The Morgan fingerprint density at radius 1 is 1.12 bits per heavy atom. The SMILES string of the molecule is O=Cc1ccc(NCc2cccc(F)c2)cc1. The van der Waals surface area contributed by atoms with Crippen LogP contribution in [0.2, 0.25) is 0 Å². The number of carbonyl (C=O) groups excluding carboxylic acids is 1. The summed E-state index contributed by atoms with van der Waals surface area (Å²) in [6, 6.07) is 13.6. The second-order valence-corrected chi connectivity index (χ2v) is 3.72. The van der Waals surface area contributed by atoms with Gasteiger partial charge in [0.2, 0.25) is 0 Å². The van der Waals surface area contributed by atoms with Gasteiger partial charge in [-0.3, -0.25) is 4.79 Å². The molecular weight excluding hydrogens is 217 g/mol. The minimum Gasteiger partial charge on any atom is -0.381 e. The van der Waals surface area contributed by atoms with Crippen molar-refractivity contribution in [2.75, 3.05) is 5.32 Å². The Hall–Kier alpha value is -2.16. The average molecular weight is 229 g/mol. The van der Waals surface area contributed by atoms with Gasteiger partial charge < -0.3 is 5.32 Å². The highest BCUT2D eigenvalue weighted by molar-refractivity contribution is 5.75. The molecule has 2 rings (SSSR count). The number of hydrogen-bond donors (Lipinski definition) is 1. The zero-order valence-corrected chi connectivity index (χ0v) is 9.19. The summed E-state index contributed by atoms with van der Waals surface area (Å²) in [5.74, 6) is -0.236. The van der Waals surface area contributed by atoms with Crippen LogP contribution in [0.25, 0.3) is 0 Å². The Morgan fingerprint density at radius 2 is 1.88 bits per heavy atom. The van der Waals surface area contributed by atoms with Crippen LogP contribution in [0.3, 0.4) is 0 Å². The molecule has 3 heteroatoms. The predicted molar refractivity (Wildman–Crippen MR) is 65.6 cm³/mol. The first-order valence-corrected chi connectivity index (χ1v) is 5.31. The van der Waals surface area contributed by atoms with Crippen molar-refractivity contribution in [3.63, 3.8) is 0 Å². The molecule has 0 saturated carbocycles. The van der Waals surface area contributed by atoms with E-state index in [1.54, 1.807) is 18.2 Å².